The number of anilines is 1. The summed E-state index contributed by atoms with van der Waals surface area (Å²) in [5.41, 5.74) is 0. The Balaban J connectivity index is 1.19. The average Bonchev–Trinajstić information content (AvgIpc) is 3.23. The maximum atomic E-state index is 12.0. The first kappa shape index (κ1) is 20.1. The molecule has 0 saturated carbocycles. The second-order valence-corrected chi connectivity index (χ2v) is 7.16. The minimum Gasteiger partial charge on any atom is -0.484 e. The molecule has 0 bridgehead atoms. The van der Waals surface area contributed by atoms with E-state index < -0.39 is 0 Å². The fourth-order valence-corrected chi connectivity index (χ4v) is 3.40. The number of nitrogens with one attached hydrogen (secondary N) is 1. The smallest absolute Gasteiger partial charge is 0.258 e. The van der Waals surface area contributed by atoms with Gasteiger partial charge in [0.25, 0.3) is 5.91 Å². The molecule has 4 rings (SSSR count). The highest BCUT2D eigenvalue weighted by Crippen LogP contribution is 2.35. The molecule has 2 aliphatic rings. The van der Waals surface area contributed by atoms with Crippen LogP contribution >= 0.6 is 0 Å². The molecule has 3 heterocycles. The van der Waals surface area contributed by atoms with E-state index in [1.54, 1.807) is 18.2 Å². The third-order valence-electron chi connectivity index (χ3n) is 4.87. The average molecular weight is 414 g/mol. The maximum absolute atomic E-state index is 12.0. The van der Waals surface area contributed by atoms with Crippen molar-refractivity contribution in [3.05, 3.63) is 30.1 Å². The van der Waals surface area contributed by atoms with E-state index in [-0.39, 0.29) is 19.3 Å². The van der Waals surface area contributed by atoms with Gasteiger partial charge in [0.15, 0.2) is 18.1 Å². The summed E-state index contributed by atoms with van der Waals surface area (Å²) in [4.78, 5) is 23.1. The van der Waals surface area contributed by atoms with Crippen molar-refractivity contribution in [3.8, 4) is 23.1 Å². The SMILES string of the molecule is Cc1nc(OCCNC(=O)COc2ccc3c(c2)OCO3)cc(N2CCCCC2)n1. The molecule has 0 aliphatic carbocycles. The number of carbonyl (C=O) groups excluding carboxylic acids is 1. The lowest BCUT2D eigenvalue weighted by Gasteiger charge is -2.28. The quantitative estimate of drug-likeness (QED) is 0.656. The lowest BCUT2D eigenvalue weighted by molar-refractivity contribution is -0.123. The summed E-state index contributed by atoms with van der Waals surface area (Å²) in [6.45, 7) is 4.65. The Labute approximate surface area is 175 Å². The molecule has 9 nitrogen and oxygen atoms in total. The van der Waals surface area contributed by atoms with E-state index in [0.29, 0.717) is 42.1 Å². The van der Waals surface area contributed by atoms with Gasteiger partial charge in [-0.1, -0.05) is 0 Å². The summed E-state index contributed by atoms with van der Waals surface area (Å²) < 4.78 is 21.7. The Kier molecular flexibility index (Phi) is 6.36. The third-order valence-corrected chi connectivity index (χ3v) is 4.87. The van der Waals surface area contributed by atoms with Gasteiger partial charge in [-0.05, 0) is 38.3 Å². The highest BCUT2D eigenvalue weighted by Gasteiger charge is 2.15. The summed E-state index contributed by atoms with van der Waals surface area (Å²) in [7, 11) is 0. The van der Waals surface area contributed by atoms with Crippen molar-refractivity contribution in [2.45, 2.75) is 26.2 Å². The van der Waals surface area contributed by atoms with Crippen molar-refractivity contribution < 1.29 is 23.7 Å². The topological polar surface area (TPSA) is 95.0 Å². The molecule has 160 valence electrons. The Bertz CT molecular complexity index is 886. The highest BCUT2D eigenvalue weighted by atomic mass is 16.7. The molecule has 1 aromatic heterocycles. The zero-order valence-electron chi connectivity index (χ0n) is 17.1. The van der Waals surface area contributed by atoms with Gasteiger partial charge in [-0.25, -0.2) is 4.98 Å². The number of piperidine rings is 1. The predicted octanol–water partition coefficient (Wildman–Crippen LogP) is 2.08. The van der Waals surface area contributed by atoms with Gasteiger partial charge >= 0.3 is 0 Å². The van der Waals surface area contributed by atoms with E-state index >= 15 is 0 Å². The number of nitrogens with zero attached hydrogens (tertiary/aromatic N) is 3. The number of benzene rings is 1. The molecule has 1 fully saturated rings. The van der Waals surface area contributed by atoms with E-state index in [0.717, 1.165) is 18.9 Å². The summed E-state index contributed by atoms with van der Waals surface area (Å²) >= 11 is 0. The number of fused-ring (bicyclic) bond motifs is 1. The standard InChI is InChI=1S/C21H26N4O5/c1-15-23-19(25-8-3-2-4-9-25)12-21(24-15)27-10-7-22-20(26)13-28-16-5-6-17-18(11-16)30-14-29-17/h5-6,11-12H,2-4,7-10,13-14H2,1H3,(H,22,26). The normalized spacial score (nSPS) is 15.0. The fraction of sp³-hybridized carbons (Fsp3) is 0.476. The maximum Gasteiger partial charge on any atom is 0.258 e. The van der Waals surface area contributed by atoms with Crippen LogP contribution in [0.2, 0.25) is 0 Å². The second-order valence-electron chi connectivity index (χ2n) is 7.16. The summed E-state index contributed by atoms with van der Waals surface area (Å²) in [5.74, 6) is 3.70. The van der Waals surface area contributed by atoms with Crippen molar-refractivity contribution in [3.63, 3.8) is 0 Å². The van der Waals surface area contributed by atoms with Gasteiger partial charge in [0.1, 0.15) is 24.0 Å². The second kappa shape index (κ2) is 9.51. The fourth-order valence-electron chi connectivity index (χ4n) is 3.40. The first-order chi connectivity index (χ1) is 14.7. The molecule has 30 heavy (non-hydrogen) atoms. The molecule has 0 atom stereocenters. The Hall–Kier alpha value is -3.23. The van der Waals surface area contributed by atoms with Gasteiger partial charge < -0.3 is 29.2 Å². The van der Waals surface area contributed by atoms with E-state index in [1.165, 1.54) is 19.3 Å². The first-order valence-corrected chi connectivity index (χ1v) is 10.2. The van der Waals surface area contributed by atoms with Crippen molar-refractivity contribution in [1.29, 1.82) is 0 Å². The molecule has 1 amide bonds. The van der Waals surface area contributed by atoms with Crippen LogP contribution in [0.15, 0.2) is 24.3 Å². The molecule has 0 spiro atoms. The van der Waals surface area contributed by atoms with Crippen LogP contribution < -0.4 is 29.2 Å². The number of rotatable bonds is 8. The molecule has 9 heteroatoms. The number of aryl methyl sites for hydroxylation is 1. The third kappa shape index (κ3) is 5.22. The van der Waals surface area contributed by atoms with Gasteiger partial charge in [0, 0.05) is 25.2 Å². The molecule has 2 aliphatic heterocycles. The molecule has 1 N–H and O–H groups in total. The van der Waals surface area contributed by atoms with Crippen molar-refractivity contribution in [2.24, 2.45) is 0 Å². The largest absolute Gasteiger partial charge is 0.484 e. The molecule has 0 unspecified atom stereocenters. The van der Waals surface area contributed by atoms with E-state index in [1.807, 2.05) is 13.0 Å². The lowest BCUT2D eigenvalue weighted by atomic mass is 10.1. The van der Waals surface area contributed by atoms with Crippen LogP contribution in [0.3, 0.4) is 0 Å². The molecule has 1 saturated heterocycles. The minimum atomic E-state index is -0.232. The molecule has 1 aromatic carbocycles. The van der Waals surface area contributed by atoms with Crippen molar-refractivity contribution in [1.82, 2.24) is 15.3 Å². The van der Waals surface area contributed by atoms with Crippen LogP contribution in [-0.4, -0.2) is 55.5 Å². The predicted molar refractivity (Wildman–Crippen MR) is 109 cm³/mol. The number of amides is 1. The first-order valence-electron chi connectivity index (χ1n) is 10.2. The Morgan fingerprint density at radius 2 is 1.93 bits per heavy atom. The minimum absolute atomic E-state index is 0.0919. The molecule has 2 aromatic rings. The molecular formula is C21H26N4O5. The number of ether oxygens (including phenoxy) is 4. The van der Waals surface area contributed by atoms with E-state index in [4.69, 9.17) is 18.9 Å². The van der Waals surface area contributed by atoms with Crippen molar-refractivity contribution in [2.75, 3.05) is 44.5 Å². The Morgan fingerprint density at radius 1 is 1.10 bits per heavy atom. The van der Waals surface area contributed by atoms with Gasteiger partial charge in [0.05, 0.1) is 6.54 Å². The van der Waals surface area contributed by atoms with Crippen LogP contribution in [0.25, 0.3) is 0 Å². The lowest BCUT2D eigenvalue weighted by Crippen LogP contribution is -2.32. The highest BCUT2D eigenvalue weighted by molar-refractivity contribution is 5.77. The number of hydrogen-bond acceptors (Lipinski definition) is 8. The summed E-state index contributed by atoms with van der Waals surface area (Å²) in [6, 6.07) is 7.06. The van der Waals surface area contributed by atoms with E-state index in [9.17, 15) is 4.79 Å². The molecular weight excluding hydrogens is 388 g/mol. The number of carbonyl (C=O) groups is 1. The van der Waals surface area contributed by atoms with E-state index in [2.05, 4.69) is 20.2 Å². The molecule has 0 radical (unpaired) electrons. The zero-order chi connectivity index (χ0) is 20.8. The zero-order valence-corrected chi connectivity index (χ0v) is 17.1. The monoisotopic (exact) mass is 414 g/mol. The Morgan fingerprint density at radius 3 is 2.80 bits per heavy atom. The van der Waals surface area contributed by atoms with Crippen LogP contribution in [0, 0.1) is 6.92 Å². The van der Waals surface area contributed by atoms with Gasteiger partial charge in [-0.15, -0.1) is 0 Å². The van der Waals surface area contributed by atoms with Crippen LogP contribution in [0.5, 0.6) is 23.1 Å². The van der Waals surface area contributed by atoms with Gasteiger partial charge in [-0.2, -0.15) is 4.98 Å². The van der Waals surface area contributed by atoms with Gasteiger partial charge in [0.2, 0.25) is 12.7 Å². The van der Waals surface area contributed by atoms with Crippen LogP contribution in [0.1, 0.15) is 25.1 Å². The van der Waals surface area contributed by atoms with Crippen LogP contribution in [0.4, 0.5) is 5.82 Å². The van der Waals surface area contributed by atoms with Crippen molar-refractivity contribution >= 4 is 11.7 Å². The van der Waals surface area contributed by atoms with Crippen LogP contribution in [-0.2, 0) is 4.79 Å². The summed E-state index contributed by atoms with van der Waals surface area (Å²) in [6.07, 6.45) is 3.63. The van der Waals surface area contributed by atoms with Gasteiger partial charge in [-0.3, -0.25) is 4.79 Å². The summed E-state index contributed by atoms with van der Waals surface area (Å²) in [5, 5.41) is 2.77. The number of hydrogen-bond donors (Lipinski definition) is 1. The number of aromatic nitrogens is 2.